The molecule has 0 unspecified atom stereocenters. The van der Waals surface area contributed by atoms with Gasteiger partial charge in [-0.2, -0.15) is 0 Å². The van der Waals surface area contributed by atoms with Crippen LogP contribution in [0, 0.1) is 15.5 Å². The Kier molecular flexibility index (Phi) is 5.07. The van der Waals surface area contributed by atoms with Crippen molar-refractivity contribution in [3.05, 3.63) is 38.9 Å². The average Bonchev–Trinajstić information content (AvgIpc) is 2.28. The van der Waals surface area contributed by atoms with Crippen LogP contribution in [0.2, 0.25) is 5.02 Å². The first-order valence-corrected chi connectivity index (χ1v) is 5.98. The second-order valence-electron chi connectivity index (χ2n) is 4.96. The Morgan fingerprint density at radius 1 is 1.50 bits per heavy atom. The Hall–Kier alpha value is -1.17. The molecule has 6 heteroatoms. The number of aliphatic hydroxyl groups excluding tert-OH is 1. The van der Waals surface area contributed by atoms with Crippen LogP contribution in [-0.4, -0.2) is 23.2 Å². The molecule has 2 N–H and O–H groups in total. The summed E-state index contributed by atoms with van der Waals surface area (Å²) in [5.41, 5.74) is 0.336. The summed E-state index contributed by atoms with van der Waals surface area (Å²) in [4.78, 5) is 10.4. The molecule has 0 saturated heterocycles. The highest BCUT2D eigenvalue weighted by atomic mass is 35.5. The van der Waals surface area contributed by atoms with Crippen molar-refractivity contribution in [1.29, 1.82) is 0 Å². The summed E-state index contributed by atoms with van der Waals surface area (Å²) >= 11 is 5.83. The highest BCUT2D eigenvalue weighted by molar-refractivity contribution is 6.30. The fraction of sp³-hybridized carbons (Fsp3) is 0.500. The topological polar surface area (TPSA) is 75.4 Å². The predicted molar refractivity (Wildman–Crippen MR) is 70.7 cm³/mol. The fourth-order valence-corrected chi connectivity index (χ4v) is 1.66. The lowest BCUT2D eigenvalue weighted by Crippen LogP contribution is -2.32. The zero-order chi connectivity index (χ0) is 13.8. The number of nitrogens with one attached hydrogen (secondary N) is 1. The normalized spacial score (nSPS) is 11.6. The molecule has 0 saturated carbocycles. The third kappa shape index (κ3) is 4.25. The molecule has 0 amide bonds. The number of benzene rings is 1. The van der Waals surface area contributed by atoms with Crippen LogP contribution >= 0.6 is 11.6 Å². The molecule has 0 aliphatic rings. The molecule has 0 heterocycles. The molecule has 0 radical (unpaired) electrons. The van der Waals surface area contributed by atoms with Crippen molar-refractivity contribution in [2.75, 3.05) is 13.2 Å². The Morgan fingerprint density at radius 3 is 2.72 bits per heavy atom. The molecule has 0 bridgehead atoms. The third-order valence-electron chi connectivity index (χ3n) is 2.59. The lowest BCUT2D eigenvalue weighted by molar-refractivity contribution is -0.385. The number of nitro benzene ring substituents is 1. The maximum atomic E-state index is 10.8. The van der Waals surface area contributed by atoms with Crippen LogP contribution in [0.1, 0.15) is 19.4 Å². The summed E-state index contributed by atoms with van der Waals surface area (Å²) < 4.78 is 0. The van der Waals surface area contributed by atoms with Crippen molar-refractivity contribution in [1.82, 2.24) is 5.32 Å². The molecule has 0 fully saturated rings. The third-order valence-corrected chi connectivity index (χ3v) is 2.82. The largest absolute Gasteiger partial charge is 0.396 e. The highest BCUT2D eigenvalue weighted by Gasteiger charge is 2.18. The first-order valence-electron chi connectivity index (χ1n) is 5.60. The van der Waals surface area contributed by atoms with Crippen molar-refractivity contribution in [3.63, 3.8) is 0 Å². The van der Waals surface area contributed by atoms with E-state index in [1.165, 1.54) is 12.1 Å². The predicted octanol–water partition coefficient (Wildman–Crippen LogP) is 2.36. The number of rotatable bonds is 6. The lowest BCUT2D eigenvalue weighted by atomic mass is 9.95. The molecule has 0 atom stereocenters. The van der Waals surface area contributed by atoms with Crippen molar-refractivity contribution in [2.45, 2.75) is 20.4 Å². The minimum absolute atomic E-state index is 0.0497. The van der Waals surface area contributed by atoms with Crippen LogP contribution in [-0.2, 0) is 6.54 Å². The summed E-state index contributed by atoms with van der Waals surface area (Å²) in [6.07, 6.45) is 0. The van der Waals surface area contributed by atoms with E-state index in [0.29, 0.717) is 23.7 Å². The van der Waals surface area contributed by atoms with Gasteiger partial charge in [0, 0.05) is 41.8 Å². The van der Waals surface area contributed by atoms with Gasteiger partial charge in [0.25, 0.3) is 5.69 Å². The standard InChI is InChI=1S/C12H17ClN2O3/c1-12(2,8-16)7-14-6-9-5-10(13)3-4-11(9)15(17)18/h3-5,14,16H,6-8H2,1-2H3. The molecule has 18 heavy (non-hydrogen) atoms. The van der Waals surface area contributed by atoms with Gasteiger partial charge in [-0.3, -0.25) is 10.1 Å². The van der Waals surface area contributed by atoms with Crippen molar-refractivity contribution in [3.8, 4) is 0 Å². The van der Waals surface area contributed by atoms with Gasteiger partial charge in [-0.05, 0) is 12.1 Å². The van der Waals surface area contributed by atoms with E-state index >= 15 is 0 Å². The molecule has 1 aromatic rings. The second kappa shape index (κ2) is 6.13. The number of nitro groups is 1. The first-order chi connectivity index (χ1) is 8.35. The Labute approximate surface area is 111 Å². The van der Waals surface area contributed by atoms with E-state index in [-0.39, 0.29) is 17.7 Å². The number of aliphatic hydroxyl groups is 1. The quantitative estimate of drug-likeness (QED) is 0.616. The van der Waals surface area contributed by atoms with E-state index in [1.54, 1.807) is 6.07 Å². The van der Waals surface area contributed by atoms with Crippen LogP contribution in [0.25, 0.3) is 0 Å². The van der Waals surface area contributed by atoms with Crippen LogP contribution in [0.3, 0.4) is 0 Å². The Bertz CT molecular complexity index is 435. The molecule has 1 aromatic carbocycles. The van der Waals surface area contributed by atoms with E-state index in [1.807, 2.05) is 13.8 Å². The molecular formula is C12H17ClN2O3. The second-order valence-corrected chi connectivity index (χ2v) is 5.39. The van der Waals surface area contributed by atoms with E-state index < -0.39 is 4.92 Å². The van der Waals surface area contributed by atoms with Gasteiger partial charge in [0.1, 0.15) is 0 Å². The molecule has 0 aromatic heterocycles. The van der Waals surface area contributed by atoms with Gasteiger partial charge in [-0.25, -0.2) is 0 Å². The first kappa shape index (κ1) is 14.9. The van der Waals surface area contributed by atoms with Gasteiger partial charge in [-0.1, -0.05) is 25.4 Å². The minimum atomic E-state index is -0.426. The summed E-state index contributed by atoms with van der Waals surface area (Å²) in [7, 11) is 0. The minimum Gasteiger partial charge on any atom is -0.396 e. The SMILES string of the molecule is CC(C)(CO)CNCc1cc(Cl)ccc1[N+](=O)[O-]. The molecule has 1 rings (SSSR count). The highest BCUT2D eigenvalue weighted by Crippen LogP contribution is 2.22. The van der Waals surface area contributed by atoms with E-state index in [9.17, 15) is 10.1 Å². The lowest BCUT2D eigenvalue weighted by Gasteiger charge is -2.21. The molecule has 5 nitrogen and oxygen atoms in total. The fourth-order valence-electron chi connectivity index (χ4n) is 1.47. The number of nitrogens with zero attached hydrogens (tertiary/aromatic N) is 1. The zero-order valence-corrected chi connectivity index (χ0v) is 11.2. The van der Waals surface area contributed by atoms with Crippen LogP contribution < -0.4 is 5.32 Å². The van der Waals surface area contributed by atoms with Gasteiger partial charge in [-0.15, -0.1) is 0 Å². The molecule has 0 aliphatic heterocycles. The van der Waals surface area contributed by atoms with E-state index in [4.69, 9.17) is 16.7 Å². The van der Waals surface area contributed by atoms with E-state index in [2.05, 4.69) is 5.32 Å². The summed E-state index contributed by atoms with van der Waals surface area (Å²) in [6, 6.07) is 4.48. The van der Waals surface area contributed by atoms with Crippen LogP contribution in [0.15, 0.2) is 18.2 Å². The number of hydrogen-bond donors (Lipinski definition) is 2. The number of hydrogen-bond acceptors (Lipinski definition) is 4. The monoisotopic (exact) mass is 272 g/mol. The average molecular weight is 273 g/mol. The molecule has 100 valence electrons. The summed E-state index contributed by atoms with van der Waals surface area (Å²) in [6.45, 7) is 4.78. The maximum Gasteiger partial charge on any atom is 0.273 e. The smallest absolute Gasteiger partial charge is 0.273 e. The van der Waals surface area contributed by atoms with Crippen LogP contribution in [0.4, 0.5) is 5.69 Å². The van der Waals surface area contributed by atoms with Crippen LogP contribution in [0.5, 0.6) is 0 Å². The van der Waals surface area contributed by atoms with Crippen molar-refractivity contribution < 1.29 is 10.0 Å². The van der Waals surface area contributed by atoms with Gasteiger partial charge < -0.3 is 10.4 Å². The van der Waals surface area contributed by atoms with Gasteiger partial charge >= 0.3 is 0 Å². The summed E-state index contributed by atoms with van der Waals surface area (Å²) in [5.74, 6) is 0. The van der Waals surface area contributed by atoms with E-state index in [0.717, 1.165) is 0 Å². The van der Waals surface area contributed by atoms with Gasteiger partial charge in [0.2, 0.25) is 0 Å². The molecule has 0 aliphatic carbocycles. The zero-order valence-electron chi connectivity index (χ0n) is 10.4. The van der Waals surface area contributed by atoms with Crippen molar-refractivity contribution >= 4 is 17.3 Å². The summed E-state index contributed by atoms with van der Waals surface area (Å²) in [5, 5.41) is 23.5. The Balaban J connectivity index is 2.72. The molecule has 0 spiro atoms. The molecular weight excluding hydrogens is 256 g/mol. The number of halogens is 1. The van der Waals surface area contributed by atoms with Gasteiger partial charge in [0.05, 0.1) is 4.92 Å². The van der Waals surface area contributed by atoms with Crippen molar-refractivity contribution in [2.24, 2.45) is 5.41 Å². The van der Waals surface area contributed by atoms with Gasteiger partial charge in [0.15, 0.2) is 0 Å². The Morgan fingerprint density at radius 2 is 2.17 bits per heavy atom. The maximum absolute atomic E-state index is 10.8.